The molecule has 2 aromatic carbocycles. The van der Waals surface area contributed by atoms with Crippen LogP contribution in [-0.4, -0.2) is 5.91 Å². The molecule has 0 aromatic heterocycles. The first-order valence-electron chi connectivity index (χ1n) is 5.57. The van der Waals surface area contributed by atoms with Gasteiger partial charge in [-0.15, -0.1) is 12.6 Å². The summed E-state index contributed by atoms with van der Waals surface area (Å²) in [5.41, 5.74) is 0.550. The second kappa shape index (κ2) is 5.84. The Morgan fingerprint density at radius 2 is 1.79 bits per heavy atom. The van der Waals surface area contributed by atoms with Crippen molar-refractivity contribution in [3.05, 3.63) is 65.2 Å². The Hall–Kier alpha value is -1.88. The highest BCUT2D eigenvalue weighted by Crippen LogP contribution is 2.11. The predicted molar refractivity (Wildman–Crippen MR) is 71.2 cm³/mol. The van der Waals surface area contributed by atoms with Gasteiger partial charge in [-0.05, 0) is 42.5 Å². The molecule has 0 atom stereocenters. The number of halogens is 2. The summed E-state index contributed by atoms with van der Waals surface area (Å²) in [6.45, 7) is -0.0644. The van der Waals surface area contributed by atoms with Crippen LogP contribution in [0.5, 0.6) is 0 Å². The van der Waals surface area contributed by atoms with Crippen LogP contribution in [-0.2, 0) is 6.54 Å². The van der Waals surface area contributed by atoms with E-state index in [2.05, 4.69) is 17.9 Å². The fourth-order valence-electron chi connectivity index (χ4n) is 1.57. The van der Waals surface area contributed by atoms with Gasteiger partial charge in [0.05, 0.1) is 0 Å². The molecule has 0 spiro atoms. The summed E-state index contributed by atoms with van der Waals surface area (Å²) < 4.78 is 26.3. The number of hydrogen-bond acceptors (Lipinski definition) is 2. The van der Waals surface area contributed by atoms with Gasteiger partial charge in [0, 0.05) is 22.6 Å². The maximum atomic E-state index is 13.3. The van der Waals surface area contributed by atoms with E-state index in [0.29, 0.717) is 5.56 Å². The Labute approximate surface area is 114 Å². The van der Waals surface area contributed by atoms with E-state index in [1.807, 2.05) is 0 Å². The third-order valence-electron chi connectivity index (χ3n) is 2.58. The third-order valence-corrected chi connectivity index (χ3v) is 2.87. The zero-order chi connectivity index (χ0) is 13.8. The molecule has 98 valence electrons. The van der Waals surface area contributed by atoms with Crippen molar-refractivity contribution in [2.45, 2.75) is 11.4 Å². The number of thiol groups is 1. The number of hydrogen-bond donors (Lipinski definition) is 2. The van der Waals surface area contributed by atoms with Crippen molar-refractivity contribution in [2.24, 2.45) is 0 Å². The van der Waals surface area contributed by atoms with Crippen LogP contribution in [0.3, 0.4) is 0 Å². The van der Waals surface area contributed by atoms with Gasteiger partial charge >= 0.3 is 0 Å². The van der Waals surface area contributed by atoms with Crippen LogP contribution in [0, 0.1) is 11.6 Å². The molecule has 5 heteroatoms. The Morgan fingerprint density at radius 3 is 2.47 bits per heavy atom. The first kappa shape index (κ1) is 13.5. The second-order valence-electron chi connectivity index (χ2n) is 3.97. The third kappa shape index (κ3) is 3.54. The minimum Gasteiger partial charge on any atom is -0.348 e. The molecule has 19 heavy (non-hydrogen) atoms. The minimum absolute atomic E-state index is 0.0644. The molecule has 0 heterocycles. The van der Waals surface area contributed by atoms with Gasteiger partial charge in [-0.1, -0.05) is 0 Å². The highest BCUT2D eigenvalue weighted by atomic mass is 32.1. The van der Waals surface area contributed by atoms with E-state index in [9.17, 15) is 13.6 Å². The molecule has 2 rings (SSSR count). The monoisotopic (exact) mass is 279 g/mol. The van der Waals surface area contributed by atoms with Crippen LogP contribution in [0.2, 0.25) is 0 Å². The van der Waals surface area contributed by atoms with Gasteiger partial charge in [0.15, 0.2) is 0 Å². The lowest BCUT2D eigenvalue weighted by Gasteiger charge is -2.06. The van der Waals surface area contributed by atoms with E-state index in [1.54, 1.807) is 24.3 Å². The summed E-state index contributed by atoms with van der Waals surface area (Å²) in [6, 6.07) is 9.71. The number of benzene rings is 2. The van der Waals surface area contributed by atoms with Gasteiger partial charge in [0.1, 0.15) is 11.6 Å². The number of nitrogens with one attached hydrogen (secondary N) is 1. The van der Waals surface area contributed by atoms with Crippen LogP contribution >= 0.6 is 12.6 Å². The summed E-state index contributed by atoms with van der Waals surface area (Å²) in [6.07, 6.45) is 0. The molecule has 0 aliphatic rings. The normalized spacial score (nSPS) is 10.3. The molecule has 0 radical (unpaired) electrons. The highest BCUT2D eigenvalue weighted by molar-refractivity contribution is 7.80. The average Bonchev–Trinajstić information content (AvgIpc) is 2.40. The van der Waals surface area contributed by atoms with Crippen LogP contribution < -0.4 is 5.32 Å². The van der Waals surface area contributed by atoms with Gasteiger partial charge < -0.3 is 5.32 Å². The summed E-state index contributed by atoms with van der Waals surface area (Å²) in [5, 5.41) is 2.53. The Bertz CT molecular complexity index is 599. The molecular weight excluding hydrogens is 268 g/mol. The number of carbonyl (C=O) groups excluding carboxylic acids is 1. The van der Waals surface area contributed by atoms with Crippen molar-refractivity contribution in [3.8, 4) is 0 Å². The van der Waals surface area contributed by atoms with Crippen molar-refractivity contribution in [2.75, 3.05) is 0 Å². The van der Waals surface area contributed by atoms with E-state index in [-0.39, 0.29) is 18.0 Å². The molecule has 1 amide bonds. The summed E-state index contributed by atoms with van der Waals surface area (Å²) in [4.78, 5) is 12.5. The molecule has 0 fully saturated rings. The number of amides is 1. The fourth-order valence-corrected chi connectivity index (χ4v) is 1.72. The lowest BCUT2D eigenvalue weighted by molar-refractivity contribution is 0.0950. The molecule has 0 unspecified atom stereocenters. The van der Waals surface area contributed by atoms with Crippen LogP contribution in [0.4, 0.5) is 8.78 Å². The minimum atomic E-state index is -0.549. The molecule has 2 aromatic rings. The van der Waals surface area contributed by atoms with E-state index < -0.39 is 11.6 Å². The Kier molecular flexibility index (Phi) is 4.16. The Morgan fingerprint density at radius 1 is 1.11 bits per heavy atom. The van der Waals surface area contributed by atoms with Gasteiger partial charge in [-0.25, -0.2) is 8.78 Å². The van der Waals surface area contributed by atoms with E-state index in [1.165, 1.54) is 0 Å². The summed E-state index contributed by atoms with van der Waals surface area (Å²) in [7, 11) is 0. The largest absolute Gasteiger partial charge is 0.348 e. The maximum Gasteiger partial charge on any atom is 0.251 e. The molecule has 2 nitrogen and oxygen atoms in total. The second-order valence-corrected chi connectivity index (χ2v) is 4.48. The number of carbonyl (C=O) groups is 1. The van der Waals surface area contributed by atoms with Crippen LogP contribution in [0.1, 0.15) is 15.9 Å². The van der Waals surface area contributed by atoms with Gasteiger partial charge in [0.2, 0.25) is 0 Å². The molecule has 0 bridgehead atoms. The van der Waals surface area contributed by atoms with Crippen LogP contribution in [0.15, 0.2) is 47.4 Å². The van der Waals surface area contributed by atoms with Gasteiger partial charge in [-0.2, -0.15) is 0 Å². The molecule has 0 aliphatic carbocycles. The van der Waals surface area contributed by atoms with Crippen LogP contribution in [0.25, 0.3) is 0 Å². The van der Waals surface area contributed by atoms with Gasteiger partial charge in [-0.3, -0.25) is 4.79 Å². The summed E-state index contributed by atoms with van der Waals surface area (Å²) >= 11 is 4.11. The van der Waals surface area contributed by atoms with Crippen molar-refractivity contribution >= 4 is 18.5 Å². The molecule has 0 saturated heterocycles. The SMILES string of the molecule is O=C(NCc1cc(F)ccc1F)c1ccc(S)cc1. The standard InChI is InChI=1S/C14H11F2NOS/c15-11-3-6-13(16)10(7-11)8-17-14(18)9-1-4-12(19)5-2-9/h1-7,19H,8H2,(H,17,18). The first-order valence-corrected chi connectivity index (χ1v) is 6.02. The maximum absolute atomic E-state index is 13.3. The highest BCUT2D eigenvalue weighted by Gasteiger charge is 2.08. The van der Waals surface area contributed by atoms with Crippen molar-refractivity contribution < 1.29 is 13.6 Å². The molecule has 0 saturated carbocycles. The predicted octanol–water partition coefficient (Wildman–Crippen LogP) is 3.18. The molecular formula is C14H11F2NOS. The topological polar surface area (TPSA) is 29.1 Å². The summed E-state index contributed by atoms with van der Waals surface area (Å²) in [5.74, 6) is -1.44. The average molecular weight is 279 g/mol. The fraction of sp³-hybridized carbons (Fsp3) is 0.0714. The zero-order valence-corrected chi connectivity index (χ0v) is 10.8. The number of rotatable bonds is 3. The first-order chi connectivity index (χ1) is 9.06. The van der Waals surface area contributed by atoms with E-state index in [4.69, 9.17) is 0 Å². The zero-order valence-electron chi connectivity index (χ0n) is 9.86. The quantitative estimate of drug-likeness (QED) is 0.830. The Balaban J connectivity index is 2.04. The van der Waals surface area contributed by atoms with Crippen molar-refractivity contribution in [1.29, 1.82) is 0 Å². The lowest BCUT2D eigenvalue weighted by Crippen LogP contribution is -2.23. The van der Waals surface area contributed by atoms with E-state index in [0.717, 1.165) is 23.1 Å². The lowest BCUT2D eigenvalue weighted by atomic mass is 10.2. The van der Waals surface area contributed by atoms with Crippen molar-refractivity contribution in [1.82, 2.24) is 5.32 Å². The molecule has 0 aliphatic heterocycles. The smallest absolute Gasteiger partial charge is 0.251 e. The van der Waals surface area contributed by atoms with Gasteiger partial charge in [0.25, 0.3) is 5.91 Å². The van der Waals surface area contributed by atoms with E-state index >= 15 is 0 Å². The molecule has 1 N–H and O–H groups in total. The van der Waals surface area contributed by atoms with Crippen molar-refractivity contribution in [3.63, 3.8) is 0 Å².